The molecule has 5 heteroatoms. The second kappa shape index (κ2) is 3.46. The Morgan fingerprint density at radius 3 is 2.36 bits per heavy atom. The Bertz CT molecular complexity index is 128. The van der Waals surface area contributed by atoms with Gasteiger partial charge in [-0.2, -0.15) is 0 Å². The van der Waals surface area contributed by atoms with Gasteiger partial charge in [-0.05, 0) is 0 Å². The molecule has 0 bridgehead atoms. The van der Waals surface area contributed by atoms with Gasteiger partial charge in [0, 0.05) is 6.42 Å². The molecule has 0 amide bonds. The number of hydrogen-bond donors (Lipinski definition) is 4. The molecule has 5 nitrogen and oxygen atoms in total. The SMILES string of the molecule is OC[C@@H]1O[C@H](O)[C@H](O)C[C@@H]1O. The van der Waals surface area contributed by atoms with Gasteiger partial charge < -0.3 is 25.2 Å². The zero-order chi connectivity index (χ0) is 8.43. The second-order valence-corrected chi connectivity index (χ2v) is 2.62. The number of hydrogen-bond acceptors (Lipinski definition) is 5. The van der Waals surface area contributed by atoms with Crippen LogP contribution in [0, 0.1) is 0 Å². The van der Waals surface area contributed by atoms with Crippen molar-refractivity contribution in [2.24, 2.45) is 0 Å². The lowest BCUT2D eigenvalue weighted by Crippen LogP contribution is -2.48. The highest BCUT2D eigenvalue weighted by molar-refractivity contribution is 4.79. The summed E-state index contributed by atoms with van der Waals surface area (Å²) in [5.41, 5.74) is 0. The first-order valence-corrected chi connectivity index (χ1v) is 3.45. The molecule has 1 saturated heterocycles. The van der Waals surface area contributed by atoms with Crippen LogP contribution in [-0.4, -0.2) is 51.6 Å². The van der Waals surface area contributed by atoms with Crippen molar-refractivity contribution < 1.29 is 25.2 Å². The van der Waals surface area contributed by atoms with Gasteiger partial charge in [0.05, 0.1) is 12.7 Å². The lowest BCUT2D eigenvalue weighted by molar-refractivity contribution is -0.251. The van der Waals surface area contributed by atoms with E-state index in [9.17, 15) is 0 Å². The van der Waals surface area contributed by atoms with E-state index in [1.165, 1.54) is 0 Å². The zero-order valence-corrected chi connectivity index (χ0v) is 5.92. The van der Waals surface area contributed by atoms with E-state index in [-0.39, 0.29) is 13.0 Å². The van der Waals surface area contributed by atoms with Crippen LogP contribution in [-0.2, 0) is 4.74 Å². The minimum atomic E-state index is -1.30. The molecule has 0 aromatic heterocycles. The van der Waals surface area contributed by atoms with E-state index in [0.717, 1.165) is 0 Å². The van der Waals surface area contributed by atoms with E-state index >= 15 is 0 Å². The van der Waals surface area contributed by atoms with Crippen molar-refractivity contribution in [3.05, 3.63) is 0 Å². The summed E-state index contributed by atoms with van der Waals surface area (Å²) < 4.78 is 4.67. The Balaban J connectivity index is 2.48. The Morgan fingerprint density at radius 1 is 1.18 bits per heavy atom. The fourth-order valence-corrected chi connectivity index (χ4v) is 1.04. The van der Waals surface area contributed by atoms with E-state index in [1.54, 1.807) is 0 Å². The fourth-order valence-electron chi connectivity index (χ4n) is 1.04. The lowest BCUT2D eigenvalue weighted by atomic mass is 10.0. The van der Waals surface area contributed by atoms with E-state index in [4.69, 9.17) is 20.4 Å². The third-order valence-electron chi connectivity index (χ3n) is 1.74. The number of aliphatic hydroxyl groups is 4. The summed E-state index contributed by atoms with van der Waals surface area (Å²) in [7, 11) is 0. The van der Waals surface area contributed by atoms with Gasteiger partial charge in [0.1, 0.15) is 12.2 Å². The van der Waals surface area contributed by atoms with Crippen molar-refractivity contribution in [3.8, 4) is 0 Å². The summed E-state index contributed by atoms with van der Waals surface area (Å²) >= 11 is 0. The molecule has 1 fully saturated rings. The van der Waals surface area contributed by atoms with Crippen LogP contribution in [0.4, 0.5) is 0 Å². The van der Waals surface area contributed by atoms with Gasteiger partial charge in [-0.3, -0.25) is 0 Å². The number of rotatable bonds is 1. The summed E-state index contributed by atoms with van der Waals surface area (Å²) in [5.74, 6) is 0. The highest BCUT2D eigenvalue weighted by atomic mass is 16.6. The Kier molecular flexibility index (Phi) is 2.80. The van der Waals surface area contributed by atoms with Crippen LogP contribution < -0.4 is 0 Å². The van der Waals surface area contributed by atoms with Crippen LogP contribution in [0.15, 0.2) is 0 Å². The first-order chi connectivity index (χ1) is 5.15. The molecular formula is C6H12O5. The van der Waals surface area contributed by atoms with Crippen molar-refractivity contribution in [2.45, 2.75) is 31.0 Å². The van der Waals surface area contributed by atoms with Gasteiger partial charge in [0.15, 0.2) is 6.29 Å². The summed E-state index contributed by atoms with van der Waals surface area (Å²) in [4.78, 5) is 0. The molecule has 1 aliphatic heterocycles. The maximum Gasteiger partial charge on any atom is 0.181 e. The molecule has 0 spiro atoms. The maximum absolute atomic E-state index is 9.10. The summed E-state index contributed by atoms with van der Waals surface area (Å²) in [6.45, 7) is -0.356. The Morgan fingerprint density at radius 2 is 1.82 bits per heavy atom. The van der Waals surface area contributed by atoms with Gasteiger partial charge in [-0.1, -0.05) is 0 Å². The first-order valence-electron chi connectivity index (χ1n) is 3.45. The van der Waals surface area contributed by atoms with Crippen molar-refractivity contribution in [2.75, 3.05) is 6.61 Å². The number of aliphatic hydroxyl groups excluding tert-OH is 4. The van der Waals surface area contributed by atoms with Gasteiger partial charge >= 0.3 is 0 Å². The molecule has 0 radical (unpaired) electrons. The van der Waals surface area contributed by atoms with Gasteiger partial charge in [-0.25, -0.2) is 0 Å². The molecule has 66 valence electrons. The predicted molar refractivity (Wildman–Crippen MR) is 34.6 cm³/mol. The van der Waals surface area contributed by atoms with Crippen LogP contribution in [0.2, 0.25) is 0 Å². The lowest BCUT2D eigenvalue weighted by Gasteiger charge is -2.33. The summed E-state index contributed by atoms with van der Waals surface area (Å²) in [6.07, 6.45) is -4.01. The van der Waals surface area contributed by atoms with Crippen molar-refractivity contribution in [1.29, 1.82) is 0 Å². The fraction of sp³-hybridized carbons (Fsp3) is 1.00. The monoisotopic (exact) mass is 164 g/mol. The molecule has 0 aliphatic carbocycles. The maximum atomic E-state index is 9.10. The quantitative estimate of drug-likeness (QED) is 0.353. The van der Waals surface area contributed by atoms with Crippen LogP contribution in [0.3, 0.4) is 0 Å². The normalized spacial score (nSPS) is 45.8. The number of ether oxygens (including phenoxy) is 1. The molecule has 1 rings (SSSR count). The molecule has 1 heterocycles. The second-order valence-electron chi connectivity index (χ2n) is 2.62. The van der Waals surface area contributed by atoms with Crippen molar-refractivity contribution in [3.63, 3.8) is 0 Å². The highest BCUT2D eigenvalue weighted by Crippen LogP contribution is 2.18. The minimum Gasteiger partial charge on any atom is -0.394 e. The molecule has 0 saturated carbocycles. The van der Waals surface area contributed by atoms with Gasteiger partial charge in [-0.15, -0.1) is 0 Å². The minimum absolute atomic E-state index is 0.0341. The van der Waals surface area contributed by atoms with Crippen molar-refractivity contribution >= 4 is 0 Å². The summed E-state index contributed by atoms with van der Waals surface area (Å²) in [5, 5.41) is 35.5. The molecule has 0 aromatic carbocycles. The van der Waals surface area contributed by atoms with Crippen LogP contribution in [0.1, 0.15) is 6.42 Å². The molecule has 0 unspecified atom stereocenters. The molecule has 11 heavy (non-hydrogen) atoms. The third-order valence-corrected chi connectivity index (χ3v) is 1.74. The molecule has 1 aliphatic rings. The molecular weight excluding hydrogens is 152 g/mol. The smallest absolute Gasteiger partial charge is 0.181 e. The van der Waals surface area contributed by atoms with Crippen LogP contribution in [0.25, 0.3) is 0 Å². The predicted octanol–water partition coefficient (Wildman–Crippen LogP) is -2.19. The highest BCUT2D eigenvalue weighted by Gasteiger charge is 2.34. The van der Waals surface area contributed by atoms with Crippen molar-refractivity contribution in [1.82, 2.24) is 0 Å². The molecule has 4 atom stereocenters. The topological polar surface area (TPSA) is 90.2 Å². The van der Waals surface area contributed by atoms with E-state index in [2.05, 4.69) is 4.74 Å². The van der Waals surface area contributed by atoms with Gasteiger partial charge in [0.25, 0.3) is 0 Å². The van der Waals surface area contributed by atoms with Crippen LogP contribution >= 0.6 is 0 Å². The van der Waals surface area contributed by atoms with Crippen LogP contribution in [0.5, 0.6) is 0 Å². The Hall–Kier alpha value is -0.200. The average molecular weight is 164 g/mol. The summed E-state index contributed by atoms with van der Waals surface area (Å²) in [6, 6.07) is 0. The molecule has 0 aromatic rings. The molecule has 4 N–H and O–H groups in total. The van der Waals surface area contributed by atoms with Gasteiger partial charge in [0.2, 0.25) is 0 Å². The third kappa shape index (κ3) is 1.88. The first kappa shape index (κ1) is 8.89. The largest absolute Gasteiger partial charge is 0.394 e. The van der Waals surface area contributed by atoms with E-state index in [1.807, 2.05) is 0 Å². The average Bonchev–Trinajstić information content (AvgIpc) is 1.97. The standard InChI is InChI=1S/C6H12O5/c7-2-5-3(8)1-4(9)6(10)11-5/h3-10H,1-2H2/t3-,4+,5-,6-/m0/s1. The zero-order valence-electron chi connectivity index (χ0n) is 5.92. The van der Waals surface area contributed by atoms with E-state index in [0.29, 0.717) is 0 Å². The van der Waals surface area contributed by atoms with E-state index < -0.39 is 24.6 Å². The Labute approximate surface area is 63.8 Å².